The van der Waals surface area contributed by atoms with Crippen LogP contribution in [0.25, 0.3) is 38.6 Å². The first-order valence-electron chi connectivity index (χ1n) is 13.1. The van der Waals surface area contributed by atoms with Crippen LogP contribution in [-0.4, -0.2) is 4.57 Å². The predicted octanol–water partition coefficient (Wildman–Crippen LogP) is 10.6. The van der Waals surface area contributed by atoms with Gasteiger partial charge in [0.1, 0.15) is 0 Å². The summed E-state index contributed by atoms with van der Waals surface area (Å²) < 4.78 is 2.35. The number of rotatable bonds is 5. The highest BCUT2D eigenvalue weighted by Gasteiger charge is 2.19. The highest BCUT2D eigenvalue weighted by Crippen LogP contribution is 2.42. The zero-order chi connectivity index (χ0) is 26.2. The molecule has 0 fully saturated rings. The fraction of sp³-hybridized carbons (Fsp3) is 0. The fourth-order valence-corrected chi connectivity index (χ4v) is 5.73. The molecule has 0 aliphatic carbocycles. The average molecular weight is 521 g/mol. The van der Waals surface area contributed by atoms with Crippen molar-refractivity contribution in [2.24, 2.45) is 0 Å². The summed E-state index contributed by atoms with van der Waals surface area (Å²) in [6.07, 6.45) is 0. The molecular formula is C36H25ClN2. The Morgan fingerprint density at radius 1 is 0.487 bits per heavy atom. The number of benzene rings is 6. The summed E-state index contributed by atoms with van der Waals surface area (Å²) in [5.74, 6) is 0. The van der Waals surface area contributed by atoms with Gasteiger partial charge in [-0.3, -0.25) is 0 Å². The number of halogens is 1. The number of hydrogen-bond donors (Lipinski definition) is 0. The number of fused-ring (bicyclic) bond motifs is 3. The van der Waals surface area contributed by atoms with E-state index in [1.165, 1.54) is 27.4 Å². The average Bonchev–Trinajstić information content (AvgIpc) is 3.33. The predicted molar refractivity (Wildman–Crippen MR) is 166 cm³/mol. The van der Waals surface area contributed by atoms with Crippen LogP contribution in [-0.2, 0) is 0 Å². The monoisotopic (exact) mass is 520 g/mol. The van der Waals surface area contributed by atoms with E-state index in [4.69, 9.17) is 11.6 Å². The van der Waals surface area contributed by atoms with E-state index in [0.717, 1.165) is 28.3 Å². The molecule has 1 aromatic heterocycles. The van der Waals surface area contributed by atoms with Gasteiger partial charge < -0.3 is 9.47 Å². The summed E-state index contributed by atoms with van der Waals surface area (Å²) in [4.78, 5) is 2.30. The molecule has 2 nitrogen and oxygen atoms in total. The number of nitrogens with zero attached hydrogens (tertiary/aromatic N) is 2. The molecule has 7 rings (SSSR count). The van der Waals surface area contributed by atoms with E-state index in [1.54, 1.807) is 0 Å². The summed E-state index contributed by atoms with van der Waals surface area (Å²) >= 11 is 6.53. The van der Waals surface area contributed by atoms with Crippen LogP contribution in [0.1, 0.15) is 0 Å². The van der Waals surface area contributed by atoms with Gasteiger partial charge in [0.2, 0.25) is 0 Å². The minimum Gasteiger partial charge on any atom is -0.310 e. The van der Waals surface area contributed by atoms with Gasteiger partial charge in [0.05, 0.1) is 16.7 Å². The highest BCUT2D eigenvalue weighted by molar-refractivity contribution is 6.30. The molecule has 6 aromatic carbocycles. The lowest BCUT2D eigenvalue weighted by atomic mass is 10.0. The Kier molecular flexibility index (Phi) is 5.88. The molecule has 0 aliphatic rings. The molecule has 7 aromatic rings. The van der Waals surface area contributed by atoms with Crippen molar-refractivity contribution < 1.29 is 0 Å². The minimum atomic E-state index is 0.702. The van der Waals surface area contributed by atoms with Crippen molar-refractivity contribution in [1.29, 1.82) is 0 Å². The molecule has 0 N–H and O–H groups in total. The second-order valence-corrected chi connectivity index (χ2v) is 10.0. The van der Waals surface area contributed by atoms with Crippen molar-refractivity contribution in [3.05, 3.63) is 157 Å². The van der Waals surface area contributed by atoms with Crippen LogP contribution >= 0.6 is 11.6 Å². The largest absolute Gasteiger partial charge is 0.310 e. The lowest BCUT2D eigenvalue weighted by Crippen LogP contribution is -2.11. The van der Waals surface area contributed by atoms with E-state index in [2.05, 4.69) is 143 Å². The van der Waals surface area contributed by atoms with Gasteiger partial charge >= 0.3 is 0 Å². The molecule has 0 unspecified atom stereocenters. The van der Waals surface area contributed by atoms with Crippen molar-refractivity contribution in [3.63, 3.8) is 0 Å². The molecule has 0 spiro atoms. The summed E-state index contributed by atoms with van der Waals surface area (Å²) in [6.45, 7) is 0. The molecule has 3 heteroatoms. The molecule has 186 valence electrons. The van der Waals surface area contributed by atoms with Crippen LogP contribution in [0.2, 0.25) is 5.02 Å². The summed E-state index contributed by atoms with van der Waals surface area (Å²) in [5.41, 5.74) is 8.95. The first kappa shape index (κ1) is 23.3. The van der Waals surface area contributed by atoms with Crippen molar-refractivity contribution in [3.8, 4) is 16.8 Å². The molecule has 0 atom stereocenters. The van der Waals surface area contributed by atoms with Gasteiger partial charge in [-0.1, -0.05) is 109 Å². The van der Waals surface area contributed by atoms with E-state index < -0.39 is 0 Å². The Morgan fingerprint density at radius 3 is 1.79 bits per heavy atom. The minimum absolute atomic E-state index is 0.702. The first-order chi connectivity index (χ1) is 19.3. The highest BCUT2D eigenvalue weighted by atomic mass is 35.5. The van der Waals surface area contributed by atoms with Gasteiger partial charge in [-0.2, -0.15) is 0 Å². The lowest BCUT2D eigenvalue weighted by molar-refractivity contribution is 1.17. The van der Waals surface area contributed by atoms with E-state index in [-0.39, 0.29) is 0 Å². The number of para-hydroxylation sites is 3. The maximum absolute atomic E-state index is 6.53. The second-order valence-electron chi connectivity index (χ2n) is 9.59. The summed E-state index contributed by atoms with van der Waals surface area (Å²) in [7, 11) is 0. The van der Waals surface area contributed by atoms with Crippen molar-refractivity contribution in [2.75, 3.05) is 4.90 Å². The maximum Gasteiger partial charge on any atom is 0.0541 e. The molecular weight excluding hydrogens is 496 g/mol. The molecule has 0 amide bonds. The van der Waals surface area contributed by atoms with Crippen molar-refractivity contribution in [2.45, 2.75) is 0 Å². The molecule has 0 saturated heterocycles. The molecule has 0 saturated carbocycles. The van der Waals surface area contributed by atoms with Crippen LogP contribution in [0.5, 0.6) is 0 Å². The van der Waals surface area contributed by atoms with Gasteiger partial charge in [0.15, 0.2) is 0 Å². The van der Waals surface area contributed by atoms with Crippen molar-refractivity contribution in [1.82, 2.24) is 4.57 Å². The van der Waals surface area contributed by atoms with Crippen LogP contribution < -0.4 is 4.90 Å². The molecule has 0 radical (unpaired) electrons. The molecule has 0 aliphatic heterocycles. The van der Waals surface area contributed by atoms with Crippen LogP contribution in [0, 0.1) is 0 Å². The standard InChI is InChI=1S/C36H25ClN2/c37-27-14-10-15-28(24-27)38(34-21-7-4-18-31(34)26-12-2-1-3-13-26)29-16-11-17-30(25-29)39-35-22-8-5-19-32(35)33-20-6-9-23-36(33)39/h1-25H. The van der Waals surface area contributed by atoms with E-state index in [9.17, 15) is 0 Å². The number of aromatic nitrogens is 1. The van der Waals surface area contributed by atoms with Crippen LogP contribution in [0.3, 0.4) is 0 Å². The fourth-order valence-electron chi connectivity index (χ4n) is 5.54. The Morgan fingerprint density at radius 2 is 1.08 bits per heavy atom. The van der Waals surface area contributed by atoms with Gasteiger partial charge in [-0.05, 0) is 60.2 Å². The van der Waals surface area contributed by atoms with Crippen molar-refractivity contribution >= 4 is 50.5 Å². The Balaban J connectivity index is 1.47. The first-order valence-corrected chi connectivity index (χ1v) is 13.4. The number of hydrogen-bond acceptors (Lipinski definition) is 1. The summed E-state index contributed by atoms with van der Waals surface area (Å²) in [5, 5.41) is 3.20. The van der Waals surface area contributed by atoms with Crippen LogP contribution in [0.4, 0.5) is 17.1 Å². The van der Waals surface area contributed by atoms with E-state index in [1.807, 2.05) is 18.2 Å². The van der Waals surface area contributed by atoms with Gasteiger partial charge in [-0.25, -0.2) is 0 Å². The SMILES string of the molecule is Clc1cccc(N(c2cccc(-n3c4ccccc4c4ccccc43)c2)c2ccccc2-c2ccccc2)c1. The summed E-state index contributed by atoms with van der Waals surface area (Å²) in [6, 6.07) is 53.1. The molecule has 0 bridgehead atoms. The zero-order valence-electron chi connectivity index (χ0n) is 21.2. The number of anilines is 3. The Bertz CT molecular complexity index is 1880. The Hall–Kier alpha value is -4.79. The second kappa shape index (κ2) is 9.83. The van der Waals surface area contributed by atoms with Gasteiger partial charge in [0.25, 0.3) is 0 Å². The third-order valence-electron chi connectivity index (χ3n) is 7.22. The zero-order valence-corrected chi connectivity index (χ0v) is 22.0. The lowest BCUT2D eigenvalue weighted by Gasteiger charge is -2.28. The van der Waals surface area contributed by atoms with Crippen LogP contribution in [0.15, 0.2) is 152 Å². The van der Waals surface area contributed by atoms with E-state index in [0.29, 0.717) is 5.02 Å². The van der Waals surface area contributed by atoms with Gasteiger partial charge in [-0.15, -0.1) is 0 Å². The third kappa shape index (κ3) is 4.16. The maximum atomic E-state index is 6.53. The normalized spacial score (nSPS) is 11.2. The van der Waals surface area contributed by atoms with E-state index >= 15 is 0 Å². The Labute approximate surface area is 233 Å². The third-order valence-corrected chi connectivity index (χ3v) is 7.46. The van der Waals surface area contributed by atoms with Gasteiger partial charge in [0, 0.05) is 38.4 Å². The topological polar surface area (TPSA) is 8.17 Å². The smallest absolute Gasteiger partial charge is 0.0541 e. The quantitative estimate of drug-likeness (QED) is 0.219. The molecule has 1 heterocycles. The molecule has 39 heavy (non-hydrogen) atoms.